The molecule has 0 spiro atoms. The number of ether oxygens (including phenoxy) is 1. The van der Waals surface area contributed by atoms with E-state index < -0.39 is 5.82 Å². The molecule has 0 saturated carbocycles. The predicted octanol–water partition coefficient (Wildman–Crippen LogP) is 3.66. The molecule has 3 aromatic rings. The van der Waals surface area contributed by atoms with Crippen LogP contribution in [0.1, 0.15) is 5.56 Å². The molecule has 10 heteroatoms. The number of hydrogen-bond acceptors (Lipinski definition) is 8. The number of anilines is 5. The minimum Gasteiger partial charge on any atom is -0.378 e. The number of halogens is 2. The topological polar surface area (TPSA) is 69.7 Å². The summed E-state index contributed by atoms with van der Waals surface area (Å²) >= 11 is 5.96. The minimum absolute atomic E-state index is 0.111. The lowest BCUT2D eigenvalue weighted by Crippen LogP contribution is -2.41. The van der Waals surface area contributed by atoms with Crippen molar-refractivity contribution < 1.29 is 9.13 Å². The first-order valence-corrected chi connectivity index (χ1v) is 10.8. The first kappa shape index (κ1) is 20.7. The summed E-state index contributed by atoms with van der Waals surface area (Å²) < 4.78 is 18.9. The molecule has 0 unspecified atom stereocenters. The van der Waals surface area contributed by atoms with E-state index in [-0.39, 0.29) is 5.02 Å². The van der Waals surface area contributed by atoms with Crippen molar-refractivity contribution >= 4 is 40.6 Å². The number of pyridine rings is 1. The molecule has 2 aliphatic rings. The van der Waals surface area contributed by atoms with Gasteiger partial charge in [0.1, 0.15) is 17.5 Å². The maximum atomic E-state index is 13.5. The fraction of sp³-hybridized carbons (Fsp3) is 0.318. The Balaban J connectivity index is 1.30. The number of rotatable bonds is 4. The Kier molecular flexibility index (Phi) is 5.67. The van der Waals surface area contributed by atoms with E-state index >= 15 is 0 Å². The SMILES string of the molecule is CN1CN(c2ccc(F)c(Cl)c2)Cc2cnc(Nc3ccc(N4CCOCC4)nc3)nc21. The van der Waals surface area contributed by atoms with E-state index in [0.29, 0.717) is 19.2 Å². The second kappa shape index (κ2) is 8.76. The summed E-state index contributed by atoms with van der Waals surface area (Å²) in [6.07, 6.45) is 3.60. The summed E-state index contributed by atoms with van der Waals surface area (Å²) in [7, 11) is 1.96. The average molecular weight is 456 g/mol. The fourth-order valence-corrected chi connectivity index (χ4v) is 4.08. The van der Waals surface area contributed by atoms with Crippen LogP contribution in [0.4, 0.5) is 33.3 Å². The van der Waals surface area contributed by atoms with Gasteiger partial charge in [-0.15, -0.1) is 0 Å². The Labute approximate surface area is 190 Å². The fourth-order valence-electron chi connectivity index (χ4n) is 3.90. The maximum absolute atomic E-state index is 13.5. The molecule has 1 fully saturated rings. The number of morpholine rings is 1. The van der Waals surface area contributed by atoms with Gasteiger partial charge in [-0.25, -0.2) is 14.4 Å². The van der Waals surface area contributed by atoms with Gasteiger partial charge in [0.05, 0.1) is 36.8 Å². The van der Waals surface area contributed by atoms with E-state index in [4.69, 9.17) is 21.3 Å². The number of aromatic nitrogens is 3. The van der Waals surface area contributed by atoms with Crippen molar-refractivity contribution in [1.29, 1.82) is 0 Å². The van der Waals surface area contributed by atoms with Gasteiger partial charge in [0.2, 0.25) is 5.95 Å². The first-order valence-electron chi connectivity index (χ1n) is 10.4. The molecule has 166 valence electrons. The van der Waals surface area contributed by atoms with Crippen LogP contribution in [0.15, 0.2) is 42.7 Å². The van der Waals surface area contributed by atoms with Crippen LogP contribution >= 0.6 is 11.6 Å². The molecule has 0 amide bonds. The first-order chi connectivity index (χ1) is 15.6. The Morgan fingerprint density at radius 3 is 2.66 bits per heavy atom. The van der Waals surface area contributed by atoms with Crippen LogP contribution in [0.3, 0.4) is 0 Å². The highest BCUT2D eigenvalue weighted by Gasteiger charge is 2.23. The molecule has 1 aromatic carbocycles. The molecule has 32 heavy (non-hydrogen) atoms. The van der Waals surface area contributed by atoms with E-state index in [1.165, 1.54) is 6.07 Å². The van der Waals surface area contributed by atoms with Crippen molar-refractivity contribution in [3.05, 3.63) is 59.1 Å². The van der Waals surface area contributed by atoms with E-state index in [9.17, 15) is 4.39 Å². The minimum atomic E-state index is -0.423. The molecular formula is C22H23ClFN7O. The number of fused-ring (bicyclic) bond motifs is 1. The highest BCUT2D eigenvalue weighted by Crippen LogP contribution is 2.31. The molecule has 1 N–H and O–H groups in total. The van der Waals surface area contributed by atoms with Crippen LogP contribution in [-0.2, 0) is 11.3 Å². The van der Waals surface area contributed by atoms with Gasteiger partial charge in [-0.3, -0.25) is 0 Å². The summed E-state index contributed by atoms with van der Waals surface area (Å²) in [5, 5.41) is 3.35. The lowest BCUT2D eigenvalue weighted by Gasteiger charge is -2.36. The quantitative estimate of drug-likeness (QED) is 0.639. The molecule has 8 nitrogen and oxygen atoms in total. The number of hydrogen-bond donors (Lipinski definition) is 1. The summed E-state index contributed by atoms with van der Waals surface area (Å²) in [5.41, 5.74) is 2.65. The standard InChI is InChI=1S/C22H23ClFN7O/c1-29-14-31(17-3-4-19(24)18(23)10-17)13-15-11-26-22(28-21(15)29)27-16-2-5-20(25-12-16)30-6-8-32-9-7-30/h2-5,10-12H,6-9,13-14H2,1H3,(H,26,27,28). The Hall–Kier alpha value is -3.17. The zero-order valence-electron chi connectivity index (χ0n) is 17.6. The zero-order valence-corrected chi connectivity index (χ0v) is 18.4. The molecular weight excluding hydrogens is 433 g/mol. The van der Waals surface area contributed by atoms with Gasteiger partial charge >= 0.3 is 0 Å². The van der Waals surface area contributed by atoms with Crippen molar-refractivity contribution in [2.24, 2.45) is 0 Å². The van der Waals surface area contributed by atoms with Crippen LogP contribution in [-0.4, -0.2) is 55.0 Å². The Bertz CT molecular complexity index is 1110. The van der Waals surface area contributed by atoms with Crippen LogP contribution in [0.2, 0.25) is 5.02 Å². The van der Waals surface area contributed by atoms with Crippen LogP contribution in [0.5, 0.6) is 0 Å². The maximum Gasteiger partial charge on any atom is 0.229 e. The van der Waals surface area contributed by atoms with Crippen LogP contribution in [0.25, 0.3) is 0 Å². The summed E-state index contributed by atoms with van der Waals surface area (Å²) in [6, 6.07) is 8.72. The number of nitrogens with zero attached hydrogens (tertiary/aromatic N) is 6. The predicted molar refractivity (Wildman–Crippen MR) is 123 cm³/mol. The monoisotopic (exact) mass is 455 g/mol. The van der Waals surface area contributed by atoms with E-state index in [2.05, 4.69) is 25.1 Å². The largest absolute Gasteiger partial charge is 0.378 e. The number of benzene rings is 1. The third kappa shape index (κ3) is 4.26. The van der Waals surface area contributed by atoms with Gasteiger partial charge in [0.15, 0.2) is 0 Å². The third-order valence-electron chi connectivity index (χ3n) is 5.55. The molecule has 0 aliphatic carbocycles. The highest BCUT2D eigenvalue weighted by atomic mass is 35.5. The highest BCUT2D eigenvalue weighted by molar-refractivity contribution is 6.31. The summed E-state index contributed by atoms with van der Waals surface area (Å²) in [4.78, 5) is 20.1. The molecule has 5 rings (SSSR count). The second-order valence-corrected chi connectivity index (χ2v) is 8.21. The van der Waals surface area contributed by atoms with Gasteiger partial charge in [0.25, 0.3) is 0 Å². The summed E-state index contributed by atoms with van der Waals surface area (Å²) in [5.74, 6) is 1.87. The molecule has 2 aliphatic heterocycles. The lowest BCUT2D eigenvalue weighted by molar-refractivity contribution is 0.122. The molecule has 0 bridgehead atoms. The van der Waals surface area contributed by atoms with Crippen molar-refractivity contribution in [2.75, 3.05) is 60.0 Å². The molecule has 1 saturated heterocycles. The summed E-state index contributed by atoms with van der Waals surface area (Å²) in [6.45, 7) is 4.36. The van der Waals surface area contributed by atoms with E-state index in [0.717, 1.165) is 54.9 Å². The lowest BCUT2D eigenvalue weighted by atomic mass is 10.2. The van der Waals surface area contributed by atoms with Crippen LogP contribution < -0.4 is 20.0 Å². The van der Waals surface area contributed by atoms with Crippen molar-refractivity contribution in [1.82, 2.24) is 15.0 Å². The third-order valence-corrected chi connectivity index (χ3v) is 5.84. The number of nitrogens with one attached hydrogen (secondary N) is 1. The molecule has 0 radical (unpaired) electrons. The van der Waals surface area contributed by atoms with Crippen LogP contribution in [0, 0.1) is 5.82 Å². The average Bonchev–Trinajstić information content (AvgIpc) is 2.82. The van der Waals surface area contributed by atoms with E-state index in [1.807, 2.05) is 30.3 Å². The second-order valence-electron chi connectivity index (χ2n) is 7.81. The Morgan fingerprint density at radius 2 is 1.91 bits per heavy atom. The Morgan fingerprint density at radius 1 is 1.06 bits per heavy atom. The van der Waals surface area contributed by atoms with Gasteiger partial charge < -0.3 is 24.8 Å². The van der Waals surface area contributed by atoms with Crippen molar-refractivity contribution in [3.8, 4) is 0 Å². The smallest absolute Gasteiger partial charge is 0.229 e. The van der Waals surface area contributed by atoms with Crippen molar-refractivity contribution in [2.45, 2.75) is 6.54 Å². The molecule has 2 aromatic heterocycles. The van der Waals surface area contributed by atoms with Gasteiger partial charge in [-0.2, -0.15) is 4.98 Å². The normalized spacial score (nSPS) is 16.2. The van der Waals surface area contributed by atoms with Gasteiger partial charge in [-0.1, -0.05) is 11.6 Å². The molecule has 0 atom stereocenters. The van der Waals surface area contributed by atoms with Gasteiger partial charge in [-0.05, 0) is 30.3 Å². The molecule has 4 heterocycles. The van der Waals surface area contributed by atoms with Gasteiger partial charge in [0, 0.05) is 44.1 Å². The zero-order chi connectivity index (χ0) is 22.1. The van der Waals surface area contributed by atoms with Crippen molar-refractivity contribution in [3.63, 3.8) is 0 Å². The van der Waals surface area contributed by atoms with E-state index in [1.54, 1.807) is 18.3 Å².